The fourth-order valence-corrected chi connectivity index (χ4v) is 3.02. The molecule has 1 heterocycles. The second-order valence-electron chi connectivity index (χ2n) is 6.33. The summed E-state index contributed by atoms with van der Waals surface area (Å²) >= 11 is 0. The summed E-state index contributed by atoms with van der Waals surface area (Å²) in [4.78, 5) is 2.25. The van der Waals surface area contributed by atoms with E-state index in [4.69, 9.17) is 9.47 Å². The van der Waals surface area contributed by atoms with Crippen molar-refractivity contribution in [3.05, 3.63) is 29.8 Å². The lowest BCUT2D eigenvalue weighted by molar-refractivity contribution is -0.0786. The lowest BCUT2D eigenvalue weighted by atomic mass is 10.1. The minimum atomic E-state index is -0.479. The molecule has 0 bridgehead atoms. The number of aryl methyl sites for hydroxylation is 1. The first-order valence-corrected chi connectivity index (χ1v) is 8.34. The third-order valence-corrected chi connectivity index (χ3v) is 3.87. The highest BCUT2D eigenvalue weighted by Gasteiger charge is 2.23. The summed E-state index contributed by atoms with van der Waals surface area (Å²) in [6.07, 6.45) is 2.21. The maximum Gasteiger partial charge on any atom is 0.119 e. The van der Waals surface area contributed by atoms with Gasteiger partial charge in [0.25, 0.3) is 0 Å². The molecule has 22 heavy (non-hydrogen) atoms. The third-order valence-electron chi connectivity index (χ3n) is 3.87. The molecular formula is C18H29NO3. The number of β-amino-alcohol motifs (C(OH)–C–C–N with tert-alkyl or cyclic N) is 1. The van der Waals surface area contributed by atoms with Crippen molar-refractivity contribution in [2.75, 3.05) is 26.2 Å². The van der Waals surface area contributed by atoms with E-state index in [-0.39, 0.29) is 12.2 Å². The molecule has 2 rings (SSSR count). The Labute approximate surface area is 134 Å². The number of benzene rings is 1. The molecule has 0 spiro atoms. The second kappa shape index (κ2) is 8.51. The van der Waals surface area contributed by atoms with E-state index in [0.29, 0.717) is 13.2 Å². The first kappa shape index (κ1) is 17.3. The van der Waals surface area contributed by atoms with Crippen LogP contribution in [-0.4, -0.2) is 54.6 Å². The van der Waals surface area contributed by atoms with Crippen molar-refractivity contribution >= 4 is 0 Å². The van der Waals surface area contributed by atoms with Crippen LogP contribution in [0.3, 0.4) is 0 Å². The van der Waals surface area contributed by atoms with Gasteiger partial charge in [-0.15, -0.1) is 0 Å². The Bertz CT molecular complexity index is 424. The van der Waals surface area contributed by atoms with Gasteiger partial charge in [-0.3, -0.25) is 4.90 Å². The van der Waals surface area contributed by atoms with Crippen molar-refractivity contribution in [1.29, 1.82) is 0 Å². The van der Waals surface area contributed by atoms with Crippen molar-refractivity contribution in [2.24, 2.45) is 0 Å². The van der Waals surface area contributed by atoms with Crippen molar-refractivity contribution < 1.29 is 14.6 Å². The minimum Gasteiger partial charge on any atom is -0.491 e. The number of nitrogens with zero attached hydrogens (tertiary/aromatic N) is 1. The van der Waals surface area contributed by atoms with Crippen LogP contribution >= 0.6 is 0 Å². The van der Waals surface area contributed by atoms with Gasteiger partial charge in [0.05, 0.1) is 12.2 Å². The van der Waals surface area contributed by atoms with Crippen molar-refractivity contribution in [1.82, 2.24) is 4.90 Å². The quantitative estimate of drug-likeness (QED) is 0.840. The minimum absolute atomic E-state index is 0.225. The van der Waals surface area contributed by atoms with E-state index >= 15 is 0 Å². The van der Waals surface area contributed by atoms with E-state index in [9.17, 15) is 5.11 Å². The topological polar surface area (TPSA) is 41.9 Å². The first-order valence-electron chi connectivity index (χ1n) is 8.34. The second-order valence-corrected chi connectivity index (χ2v) is 6.33. The molecular weight excluding hydrogens is 278 g/mol. The van der Waals surface area contributed by atoms with Crippen molar-refractivity contribution in [3.8, 4) is 5.75 Å². The Kier molecular flexibility index (Phi) is 6.68. The fraction of sp³-hybridized carbons (Fsp3) is 0.667. The van der Waals surface area contributed by atoms with E-state index in [1.165, 1.54) is 5.56 Å². The monoisotopic (exact) mass is 307 g/mol. The number of hydrogen-bond donors (Lipinski definition) is 1. The van der Waals surface area contributed by atoms with Gasteiger partial charge in [-0.1, -0.05) is 25.5 Å². The van der Waals surface area contributed by atoms with E-state index < -0.39 is 6.10 Å². The predicted octanol–water partition coefficient (Wildman–Crippen LogP) is 2.49. The zero-order valence-corrected chi connectivity index (χ0v) is 14.0. The van der Waals surface area contributed by atoms with Gasteiger partial charge >= 0.3 is 0 Å². The molecule has 1 fully saturated rings. The Hall–Kier alpha value is -1.10. The Balaban J connectivity index is 1.73. The highest BCUT2D eigenvalue weighted by Crippen LogP contribution is 2.14. The van der Waals surface area contributed by atoms with Gasteiger partial charge in [0.15, 0.2) is 0 Å². The Morgan fingerprint density at radius 3 is 2.45 bits per heavy atom. The van der Waals surface area contributed by atoms with E-state index in [2.05, 4.69) is 37.8 Å². The summed E-state index contributed by atoms with van der Waals surface area (Å²) in [5, 5.41) is 10.2. The van der Waals surface area contributed by atoms with Crippen molar-refractivity contribution in [2.45, 2.75) is 51.9 Å². The maximum atomic E-state index is 10.2. The summed E-state index contributed by atoms with van der Waals surface area (Å²) in [7, 11) is 0. The van der Waals surface area contributed by atoms with Crippen LogP contribution in [0.4, 0.5) is 0 Å². The summed E-state index contributed by atoms with van der Waals surface area (Å²) in [6, 6.07) is 8.15. The number of morpholine rings is 1. The van der Waals surface area contributed by atoms with Gasteiger partial charge < -0.3 is 14.6 Å². The molecule has 124 valence electrons. The Morgan fingerprint density at radius 2 is 1.86 bits per heavy atom. The molecule has 0 amide bonds. The summed E-state index contributed by atoms with van der Waals surface area (Å²) in [5.41, 5.74) is 1.33. The summed E-state index contributed by atoms with van der Waals surface area (Å²) < 4.78 is 11.4. The molecule has 3 atom stereocenters. The SMILES string of the molecule is CCCc1ccc(OC[C@@H](O)CN2C[C@@H](C)O[C@H](C)C2)cc1. The van der Waals surface area contributed by atoms with Crippen LogP contribution in [0.15, 0.2) is 24.3 Å². The molecule has 0 aromatic heterocycles. The van der Waals surface area contributed by atoms with Gasteiger partial charge in [-0.2, -0.15) is 0 Å². The van der Waals surface area contributed by atoms with Crippen LogP contribution in [0.2, 0.25) is 0 Å². The molecule has 1 N–H and O–H groups in total. The molecule has 0 radical (unpaired) electrons. The standard InChI is InChI=1S/C18H29NO3/c1-4-5-16-6-8-18(9-7-16)21-13-17(20)12-19-10-14(2)22-15(3)11-19/h6-9,14-15,17,20H,4-5,10-13H2,1-3H3/t14-,15-,17+/m1/s1. The molecule has 1 saturated heterocycles. The largest absolute Gasteiger partial charge is 0.491 e. The van der Waals surface area contributed by atoms with Gasteiger partial charge in [0, 0.05) is 19.6 Å². The van der Waals surface area contributed by atoms with Crippen LogP contribution in [0.25, 0.3) is 0 Å². The summed E-state index contributed by atoms with van der Waals surface area (Å²) in [5.74, 6) is 0.822. The molecule has 1 aromatic rings. The van der Waals surface area contributed by atoms with Crippen LogP contribution in [-0.2, 0) is 11.2 Å². The zero-order chi connectivity index (χ0) is 15.9. The van der Waals surface area contributed by atoms with Gasteiger partial charge in [-0.05, 0) is 38.0 Å². The fourth-order valence-electron chi connectivity index (χ4n) is 3.02. The average Bonchev–Trinajstić information content (AvgIpc) is 2.46. The van der Waals surface area contributed by atoms with Gasteiger partial charge in [0.2, 0.25) is 0 Å². The van der Waals surface area contributed by atoms with Crippen LogP contribution in [0.1, 0.15) is 32.8 Å². The normalized spacial score (nSPS) is 24.2. The smallest absolute Gasteiger partial charge is 0.119 e. The highest BCUT2D eigenvalue weighted by molar-refractivity contribution is 5.27. The van der Waals surface area contributed by atoms with E-state index in [1.807, 2.05) is 12.1 Å². The third kappa shape index (κ3) is 5.59. The zero-order valence-electron chi connectivity index (χ0n) is 14.0. The molecule has 4 nitrogen and oxygen atoms in total. The maximum absolute atomic E-state index is 10.2. The highest BCUT2D eigenvalue weighted by atomic mass is 16.5. The molecule has 0 saturated carbocycles. The van der Waals surface area contributed by atoms with Crippen LogP contribution in [0, 0.1) is 0 Å². The summed E-state index contributed by atoms with van der Waals surface area (Å²) in [6.45, 7) is 9.01. The predicted molar refractivity (Wildman–Crippen MR) is 88.4 cm³/mol. The van der Waals surface area contributed by atoms with Crippen LogP contribution < -0.4 is 4.74 Å². The lowest BCUT2D eigenvalue weighted by Crippen LogP contribution is -2.48. The number of aliphatic hydroxyl groups excluding tert-OH is 1. The van der Waals surface area contributed by atoms with Gasteiger partial charge in [0.1, 0.15) is 18.5 Å². The Morgan fingerprint density at radius 1 is 1.23 bits per heavy atom. The number of rotatable bonds is 7. The van der Waals surface area contributed by atoms with Gasteiger partial charge in [-0.25, -0.2) is 0 Å². The molecule has 0 unspecified atom stereocenters. The molecule has 1 aliphatic heterocycles. The molecule has 1 aliphatic rings. The molecule has 0 aliphatic carbocycles. The van der Waals surface area contributed by atoms with Crippen molar-refractivity contribution in [3.63, 3.8) is 0 Å². The number of hydrogen-bond acceptors (Lipinski definition) is 4. The number of ether oxygens (including phenoxy) is 2. The van der Waals surface area contributed by atoms with Crippen LogP contribution in [0.5, 0.6) is 5.75 Å². The van der Waals surface area contributed by atoms with E-state index in [0.717, 1.165) is 31.7 Å². The van der Waals surface area contributed by atoms with E-state index in [1.54, 1.807) is 0 Å². The molecule has 1 aromatic carbocycles. The first-order chi connectivity index (χ1) is 10.6. The molecule has 4 heteroatoms. The lowest BCUT2D eigenvalue weighted by Gasteiger charge is -2.36. The number of aliphatic hydroxyl groups is 1. The average molecular weight is 307 g/mol.